The van der Waals surface area contributed by atoms with Crippen molar-refractivity contribution in [1.29, 1.82) is 0 Å². The Morgan fingerprint density at radius 2 is 1.46 bits per heavy atom. The number of carbonyl (C=O) groups excluding carboxylic acids is 2. The van der Waals surface area contributed by atoms with Crippen LogP contribution in [0.25, 0.3) is 0 Å². The molecule has 2 rings (SSSR count). The van der Waals surface area contributed by atoms with Crippen LogP contribution in [-0.4, -0.2) is 25.5 Å². The van der Waals surface area contributed by atoms with Gasteiger partial charge in [-0.2, -0.15) is 0 Å². The van der Waals surface area contributed by atoms with E-state index in [2.05, 4.69) is 10.6 Å². The molecule has 0 fully saturated rings. The summed E-state index contributed by atoms with van der Waals surface area (Å²) in [6, 6.07) is 13.2. The molecule has 2 aromatic carbocycles. The zero-order chi connectivity index (χ0) is 20.9. The molecule has 0 saturated carbocycles. The monoisotopic (exact) mass is 402 g/mol. The number of sulfone groups is 1. The average Bonchev–Trinajstić information content (AvgIpc) is 2.67. The van der Waals surface area contributed by atoms with Gasteiger partial charge in [0.2, 0.25) is 5.91 Å². The topological polar surface area (TPSA) is 92.3 Å². The quantitative estimate of drug-likeness (QED) is 0.742. The first kappa shape index (κ1) is 21.6. The lowest BCUT2D eigenvalue weighted by Crippen LogP contribution is -2.23. The number of benzene rings is 2. The number of nitrogens with one attached hydrogen (secondary N) is 2. The van der Waals surface area contributed by atoms with E-state index in [1.807, 2.05) is 26.0 Å². The summed E-state index contributed by atoms with van der Waals surface area (Å²) in [6.45, 7) is 7.21. The van der Waals surface area contributed by atoms with E-state index in [4.69, 9.17) is 0 Å². The first-order valence-electron chi connectivity index (χ1n) is 9.13. The molecule has 0 aliphatic carbocycles. The summed E-state index contributed by atoms with van der Waals surface area (Å²) >= 11 is 0. The minimum atomic E-state index is -3.35. The Bertz CT molecular complexity index is 931. The first-order chi connectivity index (χ1) is 13.1. The van der Waals surface area contributed by atoms with E-state index in [0.717, 1.165) is 5.56 Å². The van der Waals surface area contributed by atoms with Crippen LogP contribution in [0.5, 0.6) is 0 Å². The van der Waals surface area contributed by atoms with Gasteiger partial charge in [0.25, 0.3) is 5.91 Å². The fourth-order valence-corrected chi connectivity index (χ4v) is 3.40. The molecule has 28 heavy (non-hydrogen) atoms. The van der Waals surface area contributed by atoms with E-state index in [9.17, 15) is 18.0 Å². The lowest BCUT2D eigenvalue weighted by Gasteiger charge is -2.10. The average molecular weight is 403 g/mol. The van der Waals surface area contributed by atoms with Gasteiger partial charge in [-0.1, -0.05) is 26.0 Å². The summed E-state index contributed by atoms with van der Waals surface area (Å²) in [6.07, 6.45) is 0. The van der Waals surface area contributed by atoms with E-state index in [-0.39, 0.29) is 22.6 Å². The highest BCUT2D eigenvalue weighted by atomic mass is 32.2. The normalized spacial score (nSPS) is 11.5. The molecule has 0 radical (unpaired) electrons. The number of hydrogen-bond acceptors (Lipinski definition) is 4. The van der Waals surface area contributed by atoms with Crippen molar-refractivity contribution >= 4 is 27.3 Å². The highest BCUT2D eigenvalue weighted by Crippen LogP contribution is 2.17. The Morgan fingerprint density at radius 3 is 1.96 bits per heavy atom. The fraction of sp³-hybridized carbons (Fsp3) is 0.333. The highest BCUT2D eigenvalue weighted by molar-refractivity contribution is 7.92. The molecule has 2 N–H and O–H groups in total. The summed E-state index contributed by atoms with van der Waals surface area (Å²) < 4.78 is 24.3. The fourth-order valence-electron chi connectivity index (χ4n) is 2.35. The lowest BCUT2D eigenvalue weighted by molar-refractivity contribution is -0.118. The smallest absolute Gasteiger partial charge is 0.251 e. The van der Waals surface area contributed by atoms with Crippen molar-refractivity contribution in [2.45, 2.75) is 44.4 Å². The molecule has 0 saturated heterocycles. The van der Waals surface area contributed by atoms with Crippen molar-refractivity contribution in [3.05, 3.63) is 59.7 Å². The maximum Gasteiger partial charge on any atom is 0.251 e. The van der Waals surface area contributed by atoms with Crippen molar-refractivity contribution < 1.29 is 18.0 Å². The Balaban J connectivity index is 1.96. The van der Waals surface area contributed by atoms with Gasteiger partial charge in [0, 0.05) is 23.7 Å². The van der Waals surface area contributed by atoms with Crippen molar-refractivity contribution in [3.63, 3.8) is 0 Å². The van der Waals surface area contributed by atoms with Crippen molar-refractivity contribution in [2.75, 3.05) is 5.32 Å². The number of anilines is 1. The van der Waals surface area contributed by atoms with Crippen LogP contribution in [0.4, 0.5) is 5.69 Å². The predicted molar refractivity (Wildman–Crippen MR) is 110 cm³/mol. The maximum atomic E-state index is 12.3. The van der Waals surface area contributed by atoms with Gasteiger partial charge in [0.15, 0.2) is 9.84 Å². The Hall–Kier alpha value is -2.67. The van der Waals surface area contributed by atoms with E-state index < -0.39 is 15.1 Å². The van der Waals surface area contributed by atoms with Crippen LogP contribution in [0.2, 0.25) is 0 Å². The van der Waals surface area contributed by atoms with Gasteiger partial charge in [-0.05, 0) is 55.8 Å². The lowest BCUT2D eigenvalue weighted by atomic mass is 10.1. The number of rotatable bonds is 7. The molecule has 0 heterocycles. The molecular weight excluding hydrogens is 376 g/mol. The van der Waals surface area contributed by atoms with Gasteiger partial charge in [-0.3, -0.25) is 9.59 Å². The van der Waals surface area contributed by atoms with Gasteiger partial charge in [0.05, 0.1) is 10.1 Å². The van der Waals surface area contributed by atoms with Crippen molar-refractivity contribution in [2.24, 2.45) is 5.92 Å². The Kier molecular flexibility index (Phi) is 6.96. The highest BCUT2D eigenvalue weighted by Gasteiger charge is 2.19. The molecule has 0 bridgehead atoms. The van der Waals surface area contributed by atoms with E-state index in [1.165, 1.54) is 24.3 Å². The summed E-state index contributed by atoms with van der Waals surface area (Å²) in [5, 5.41) is 5.09. The third-order valence-corrected chi connectivity index (χ3v) is 6.43. The summed E-state index contributed by atoms with van der Waals surface area (Å²) in [7, 11) is -3.35. The second-order valence-corrected chi connectivity index (χ2v) is 9.65. The zero-order valence-corrected chi connectivity index (χ0v) is 17.3. The van der Waals surface area contributed by atoms with Crippen LogP contribution in [0.15, 0.2) is 53.4 Å². The summed E-state index contributed by atoms with van der Waals surface area (Å²) in [4.78, 5) is 24.2. The second-order valence-electron chi connectivity index (χ2n) is 7.14. The molecule has 0 aliphatic rings. The van der Waals surface area contributed by atoms with Gasteiger partial charge in [0.1, 0.15) is 0 Å². The minimum Gasteiger partial charge on any atom is -0.348 e. The van der Waals surface area contributed by atoms with Crippen LogP contribution >= 0.6 is 0 Å². The molecule has 6 nitrogen and oxygen atoms in total. The third kappa shape index (κ3) is 5.42. The van der Waals surface area contributed by atoms with Gasteiger partial charge < -0.3 is 10.6 Å². The molecule has 2 aromatic rings. The number of hydrogen-bond donors (Lipinski definition) is 2. The molecule has 150 valence electrons. The van der Waals surface area contributed by atoms with Crippen LogP contribution in [0.1, 0.15) is 43.6 Å². The SMILES string of the molecule is CC(C)C(=O)Nc1ccc(CNC(=O)c2ccc(S(=O)(=O)C(C)C)cc2)cc1. The largest absolute Gasteiger partial charge is 0.348 e. The number of amides is 2. The summed E-state index contributed by atoms with van der Waals surface area (Å²) in [5.41, 5.74) is 1.98. The number of carbonyl (C=O) groups is 2. The minimum absolute atomic E-state index is 0.0519. The van der Waals surface area contributed by atoms with Crippen molar-refractivity contribution in [3.8, 4) is 0 Å². The van der Waals surface area contributed by atoms with Gasteiger partial charge in [-0.25, -0.2) is 8.42 Å². The maximum absolute atomic E-state index is 12.3. The summed E-state index contributed by atoms with van der Waals surface area (Å²) in [5.74, 6) is -0.435. The third-order valence-electron chi connectivity index (χ3n) is 4.26. The Labute approximate surface area is 166 Å². The van der Waals surface area contributed by atoms with Crippen molar-refractivity contribution in [1.82, 2.24) is 5.32 Å². The van der Waals surface area contributed by atoms with Crippen LogP contribution in [-0.2, 0) is 21.2 Å². The Morgan fingerprint density at radius 1 is 0.893 bits per heavy atom. The van der Waals surface area contributed by atoms with Gasteiger partial charge in [-0.15, -0.1) is 0 Å². The predicted octanol–water partition coefficient (Wildman–Crippen LogP) is 3.39. The standard InChI is InChI=1S/C21H26N2O4S/c1-14(2)20(24)23-18-9-5-16(6-10-18)13-22-21(25)17-7-11-19(12-8-17)28(26,27)15(3)4/h5-12,14-15H,13H2,1-4H3,(H,22,25)(H,23,24). The van der Waals surface area contributed by atoms with E-state index in [1.54, 1.807) is 26.0 Å². The van der Waals surface area contributed by atoms with Crippen LogP contribution < -0.4 is 10.6 Å². The molecule has 2 amide bonds. The van der Waals surface area contributed by atoms with E-state index in [0.29, 0.717) is 17.8 Å². The molecule has 0 aliphatic heterocycles. The molecule has 0 aromatic heterocycles. The second kappa shape index (κ2) is 9.01. The van der Waals surface area contributed by atoms with Crippen LogP contribution in [0, 0.1) is 5.92 Å². The molecular formula is C21H26N2O4S. The molecule has 0 unspecified atom stereocenters. The molecule has 7 heteroatoms. The zero-order valence-electron chi connectivity index (χ0n) is 16.5. The first-order valence-corrected chi connectivity index (χ1v) is 10.7. The van der Waals surface area contributed by atoms with Crippen LogP contribution in [0.3, 0.4) is 0 Å². The molecule has 0 atom stereocenters. The van der Waals surface area contributed by atoms with Gasteiger partial charge >= 0.3 is 0 Å². The molecule has 0 spiro atoms. The van der Waals surface area contributed by atoms with E-state index >= 15 is 0 Å².